The van der Waals surface area contributed by atoms with E-state index < -0.39 is 21.2 Å². The molecule has 1 saturated heterocycles. The first-order chi connectivity index (χ1) is 11.4. The van der Waals surface area contributed by atoms with Gasteiger partial charge in [-0.2, -0.15) is 0 Å². The van der Waals surface area contributed by atoms with Crippen LogP contribution in [0.15, 0.2) is 0 Å². The maximum atomic E-state index is 12.5. The van der Waals surface area contributed by atoms with E-state index in [4.69, 9.17) is 5.11 Å². The van der Waals surface area contributed by atoms with E-state index in [-0.39, 0.29) is 31.3 Å². The Morgan fingerprint density at radius 2 is 1.71 bits per heavy atom. The zero-order valence-corrected chi connectivity index (χ0v) is 14.9. The van der Waals surface area contributed by atoms with Crippen molar-refractivity contribution in [3.63, 3.8) is 0 Å². The third-order valence-corrected chi connectivity index (χ3v) is 6.81. The maximum absolute atomic E-state index is 12.5. The minimum absolute atomic E-state index is 0.0529. The summed E-state index contributed by atoms with van der Waals surface area (Å²) in [6, 6.07) is 0.0529. The predicted octanol–water partition coefficient (Wildman–Crippen LogP) is 1.48. The van der Waals surface area contributed by atoms with E-state index in [1.54, 1.807) is 4.90 Å². The van der Waals surface area contributed by atoms with Gasteiger partial charge in [-0.05, 0) is 38.5 Å². The molecule has 1 heterocycles. The summed E-state index contributed by atoms with van der Waals surface area (Å²) < 4.78 is 27.9. The smallest absolute Gasteiger partial charge is 0.303 e. The van der Waals surface area contributed by atoms with Gasteiger partial charge in [-0.1, -0.05) is 12.8 Å². The first-order valence-corrected chi connectivity index (χ1v) is 10.4. The molecule has 2 rings (SSSR count). The Bertz CT molecular complexity index is 543. The van der Waals surface area contributed by atoms with Crippen molar-refractivity contribution in [2.75, 3.05) is 13.1 Å². The number of carbonyl (C=O) groups is 2. The zero-order valence-electron chi connectivity index (χ0n) is 14.1. The van der Waals surface area contributed by atoms with Crippen molar-refractivity contribution in [1.29, 1.82) is 0 Å². The van der Waals surface area contributed by atoms with E-state index in [2.05, 4.69) is 4.72 Å². The van der Waals surface area contributed by atoms with E-state index in [0.29, 0.717) is 32.2 Å². The number of carboxylic acids is 1. The fraction of sp³-hybridized carbons (Fsp3) is 0.875. The van der Waals surface area contributed by atoms with Crippen molar-refractivity contribution < 1.29 is 23.1 Å². The lowest BCUT2D eigenvalue weighted by atomic mass is 10.1. The molecule has 0 aromatic heterocycles. The summed E-state index contributed by atoms with van der Waals surface area (Å²) in [4.78, 5) is 24.3. The van der Waals surface area contributed by atoms with Crippen LogP contribution in [0, 0.1) is 0 Å². The number of carbonyl (C=O) groups excluding carboxylic acids is 1. The Morgan fingerprint density at radius 1 is 1.04 bits per heavy atom. The number of nitrogens with zero attached hydrogens (tertiary/aromatic N) is 1. The van der Waals surface area contributed by atoms with Crippen LogP contribution in [0.4, 0.5) is 0 Å². The van der Waals surface area contributed by atoms with Crippen molar-refractivity contribution in [2.24, 2.45) is 0 Å². The molecule has 1 saturated carbocycles. The number of piperidine rings is 1. The van der Waals surface area contributed by atoms with Crippen LogP contribution in [0.2, 0.25) is 0 Å². The minimum atomic E-state index is -3.39. The minimum Gasteiger partial charge on any atom is -0.481 e. The van der Waals surface area contributed by atoms with Crippen LogP contribution in [0.5, 0.6) is 0 Å². The Labute approximate surface area is 143 Å². The predicted molar refractivity (Wildman–Crippen MR) is 90.0 cm³/mol. The van der Waals surface area contributed by atoms with Gasteiger partial charge in [-0.15, -0.1) is 0 Å². The van der Waals surface area contributed by atoms with Gasteiger partial charge in [0.15, 0.2) is 0 Å². The SMILES string of the molecule is O=C(O)CCCCC(=O)N1CCCC(S(=O)(=O)NC2CCCC2)C1. The molecule has 1 atom stereocenters. The standard InChI is InChI=1S/C16H28N2O5S/c19-15(9-3-4-10-16(20)21)18-11-5-8-14(12-18)24(22,23)17-13-6-1-2-7-13/h13-14,17H,1-12H2,(H,20,21). The molecule has 0 aromatic carbocycles. The molecule has 2 N–H and O–H groups in total. The molecule has 2 aliphatic rings. The molecular weight excluding hydrogens is 332 g/mol. The highest BCUT2D eigenvalue weighted by atomic mass is 32.2. The molecule has 1 aliphatic heterocycles. The third-order valence-electron chi connectivity index (χ3n) is 4.89. The lowest BCUT2D eigenvalue weighted by molar-refractivity contribution is -0.137. The van der Waals surface area contributed by atoms with Gasteiger partial charge in [0.2, 0.25) is 15.9 Å². The Morgan fingerprint density at radius 3 is 2.38 bits per heavy atom. The van der Waals surface area contributed by atoms with E-state index in [1.807, 2.05) is 0 Å². The van der Waals surface area contributed by atoms with Crippen molar-refractivity contribution in [1.82, 2.24) is 9.62 Å². The van der Waals surface area contributed by atoms with Crippen LogP contribution in [0.3, 0.4) is 0 Å². The second-order valence-corrected chi connectivity index (χ2v) is 8.84. The topological polar surface area (TPSA) is 104 Å². The summed E-state index contributed by atoms with van der Waals surface area (Å²) in [6.07, 6.45) is 6.57. The number of hydrogen-bond donors (Lipinski definition) is 2. The molecule has 2 fully saturated rings. The van der Waals surface area contributed by atoms with Gasteiger partial charge in [0.05, 0.1) is 5.25 Å². The molecule has 0 bridgehead atoms. The molecule has 7 nitrogen and oxygen atoms in total. The number of aliphatic carboxylic acids is 1. The number of rotatable bonds is 8. The van der Waals surface area contributed by atoms with Crippen LogP contribution in [0.1, 0.15) is 64.2 Å². The number of amides is 1. The van der Waals surface area contributed by atoms with Gasteiger partial charge in [0.1, 0.15) is 0 Å². The van der Waals surface area contributed by atoms with Crippen molar-refractivity contribution in [3.05, 3.63) is 0 Å². The Hall–Kier alpha value is -1.15. The third kappa shape index (κ3) is 5.73. The second-order valence-electron chi connectivity index (χ2n) is 6.85. The van der Waals surface area contributed by atoms with Crippen LogP contribution in [-0.4, -0.2) is 54.7 Å². The van der Waals surface area contributed by atoms with Crippen molar-refractivity contribution in [3.8, 4) is 0 Å². The van der Waals surface area contributed by atoms with Crippen LogP contribution >= 0.6 is 0 Å². The number of hydrogen-bond acceptors (Lipinski definition) is 4. The fourth-order valence-electron chi connectivity index (χ4n) is 3.50. The Balaban J connectivity index is 1.81. The van der Waals surface area contributed by atoms with Crippen LogP contribution in [0.25, 0.3) is 0 Å². The van der Waals surface area contributed by atoms with Gasteiger partial charge >= 0.3 is 5.97 Å². The molecule has 138 valence electrons. The summed E-state index contributed by atoms with van der Waals surface area (Å²) in [6.45, 7) is 0.840. The normalized spacial score (nSPS) is 22.7. The number of unbranched alkanes of at least 4 members (excludes halogenated alkanes) is 1. The van der Waals surface area contributed by atoms with E-state index in [9.17, 15) is 18.0 Å². The fourth-order valence-corrected chi connectivity index (χ4v) is 5.25. The van der Waals surface area contributed by atoms with Crippen LogP contribution < -0.4 is 4.72 Å². The highest BCUT2D eigenvalue weighted by molar-refractivity contribution is 7.90. The monoisotopic (exact) mass is 360 g/mol. The number of sulfonamides is 1. The number of carboxylic acid groups (broad SMARTS) is 1. The van der Waals surface area contributed by atoms with E-state index in [1.165, 1.54) is 0 Å². The highest BCUT2D eigenvalue weighted by Gasteiger charge is 2.34. The molecule has 1 unspecified atom stereocenters. The quantitative estimate of drug-likeness (QED) is 0.638. The van der Waals surface area contributed by atoms with Gasteiger partial charge in [-0.3, -0.25) is 9.59 Å². The number of nitrogens with one attached hydrogen (secondary N) is 1. The van der Waals surface area contributed by atoms with E-state index >= 15 is 0 Å². The average molecular weight is 360 g/mol. The molecule has 1 amide bonds. The van der Waals surface area contributed by atoms with E-state index in [0.717, 1.165) is 25.7 Å². The number of likely N-dealkylation sites (tertiary alicyclic amines) is 1. The van der Waals surface area contributed by atoms with Gasteiger partial charge in [0, 0.05) is 32.0 Å². The molecule has 0 spiro atoms. The zero-order chi connectivity index (χ0) is 17.6. The average Bonchev–Trinajstić information content (AvgIpc) is 3.03. The molecule has 8 heteroatoms. The van der Waals surface area contributed by atoms with Gasteiger partial charge in [-0.25, -0.2) is 13.1 Å². The first kappa shape index (κ1) is 19.2. The summed E-state index contributed by atoms with van der Waals surface area (Å²) in [7, 11) is -3.39. The van der Waals surface area contributed by atoms with Gasteiger partial charge in [0.25, 0.3) is 0 Å². The van der Waals surface area contributed by atoms with Crippen molar-refractivity contribution in [2.45, 2.75) is 75.5 Å². The van der Waals surface area contributed by atoms with Gasteiger partial charge < -0.3 is 10.0 Å². The summed E-state index contributed by atoms with van der Waals surface area (Å²) in [5, 5.41) is 8.07. The summed E-state index contributed by atoms with van der Waals surface area (Å²) in [5.74, 6) is -0.925. The second kappa shape index (κ2) is 8.80. The first-order valence-electron chi connectivity index (χ1n) is 8.89. The molecule has 24 heavy (non-hydrogen) atoms. The Kier molecular flexibility index (Phi) is 7.03. The highest BCUT2D eigenvalue weighted by Crippen LogP contribution is 2.22. The molecule has 1 aliphatic carbocycles. The largest absolute Gasteiger partial charge is 0.481 e. The lowest BCUT2D eigenvalue weighted by Crippen LogP contribution is -2.49. The van der Waals surface area contributed by atoms with Crippen LogP contribution in [-0.2, 0) is 19.6 Å². The lowest BCUT2D eigenvalue weighted by Gasteiger charge is -2.33. The van der Waals surface area contributed by atoms with Crippen molar-refractivity contribution >= 4 is 21.9 Å². The summed E-state index contributed by atoms with van der Waals surface area (Å²) in [5.41, 5.74) is 0. The molecule has 0 radical (unpaired) electrons. The summed E-state index contributed by atoms with van der Waals surface area (Å²) >= 11 is 0. The maximum Gasteiger partial charge on any atom is 0.303 e. The molecule has 0 aromatic rings. The molecular formula is C16H28N2O5S.